The SMILES string of the molecule is CCOC(=O)[C@H]1Cc2c([nH]c3ccccc23)[C@@H]2CC(C)(C)ON12. The highest BCUT2D eigenvalue weighted by Crippen LogP contribution is 2.47. The second kappa shape index (κ2) is 5.08. The molecular weight excluding hydrogens is 292 g/mol. The molecule has 0 saturated carbocycles. The van der Waals surface area contributed by atoms with Crippen LogP contribution in [0.15, 0.2) is 24.3 Å². The van der Waals surface area contributed by atoms with Crippen molar-refractivity contribution in [3.8, 4) is 0 Å². The number of carbonyl (C=O) groups excluding carboxylic acids is 1. The molecule has 3 heterocycles. The smallest absolute Gasteiger partial charge is 0.326 e. The molecule has 2 aliphatic heterocycles. The normalized spacial score (nSPS) is 26.0. The van der Waals surface area contributed by atoms with Crippen LogP contribution in [0.3, 0.4) is 0 Å². The molecule has 1 saturated heterocycles. The zero-order valence-electron chi connectivity index (χ0n) is 13.8. The fourth-order valence-electron chi connectivity index (χ4n) is 3.89. The maximum atomic E-state index is 12.5. The van der Waals surface area contributed by atoms with Crippen LogP contribution < -0.4 is 0 Å². The Hall–Kier alpha value is -1.85. The van der Waals surface area contributed by atoms with Gasteiger partial charge in [0.05, 0.1) is 18.2 Å². The Morgan fingerprint density at radius 2 is 2.22 bits per heavy atom. The maximum Gasteiger partial charge on any atom is 0.326 e. The lowest BCUT2D eigenvalue weighted by Gasteiger charge is -2.34. The minimum atomic E-state index is -0.381. The summed E-state index contributed by atoms with van der Waals surface area (Å²) in [6, 6.07) is 7.95. The standard InChI is InChI=1S/C18H22N2O3/c1-4-22-17(21)14-9-12-11-7-5-6-8-13(11)19-16(12)15-10-18(2,3)23-20(14)15/h5-8,14-15,19H,4,9-10H2,1-3H3/t14-,15+/m1/s1. The first-order chi connectivity index (χ1) is 11.0. The van der Waals surface area contributed by atoms with E-state index in [1.807, 2.05) is 24.1 Å². The Kier molecular flexibility index (Phi) is 3.25. The van der Waals surface area contributed by atoms with Crippen molar-refractivity contribution >= 4 is 16.9 Å². The van der Waals surface area contributed by atoms with E-state index in [-0.39, 0.29) is 23.7 Å². The van der Waals surface area contributed by atoms with Crippen molar-refractivity contribution < 1.29 is 14.4 Å². The Labute approximate surface area is 135 Å². The molecule has 5 nitrogen and oxygen atoms in total. The third kappa shape index (κ3) is 2.26. The lowest BCUT2D eigenvalue weighted by molar-refractivity contribution is -0.227. The van der Waals surface area contributed by atoms with Crippen molar-refractivity contribution in [1.82, 2.24) is 10.0 Å². The van der Waals surface area contributed by atoms with Gasteiger partial charge in [0.15, 0.2) is 0 Å². The Bertz CT molecular complexity index is 765. The molecule has 0 bridgehead atoms. The number of H-pyrrole nitrogens is 1. The van der Waals surface area contributed by atoms with Gasteiger partial charge >= 0.3 is 5.97 Å². The first-order valence-corrected chi connectivity index (χ1v) is 8.24. The number of hydrogen-bond donors (Lipinski definition) is 1. The van der Waals surface area contributed by atoms with Gasteiger partial charge in [-0.2, -0.15) is 5.06 Å². The predicted molar refractivity (Wildman–Crippen MR) is 86.8 cm³/mol. The number of hydroxylamine groups is 2. The molecule has 1 fully saturated rings. The lowest BCUT2D eigenvalue weighted by Crippen LogP contribution is -2.46. The molecule has 122 valence electrons. The van der Waals surface area contributed by atoms with Gasteiger partial charge < -0.3 is 9.72 Å². The number of aromatic amines is 1. The number of esters is 1. The molecule has 1 aromatic heterocycles. The molecular formula is C18H22N2O3. The molecule has 5 heteroatoms. The molecule has 0 unspecified atom stereocenters. The van der Waals surface area contributed by atoms with Gasteiger partial charge in [-0.15, -0.1) is 0 Å². The molecule has 0 spiro atoms. The third-order valence-corrected chi connectivity index (χ3v) is 4.79. The van der Waals surface area contributed by atoms with Gasteiger partial charge in [-0.25, -0.2) is 0 Å². The lowest BCUT2D eigenvalue weighted by atomic mass is 9.89. The van der Waals surface area contributed by atoms with E-state index in [1.165, 1.54) is 16.6 Å². The second-order valence-corrected chi connectivity index (χ2v) is 6.97. The van der Waals surface area contributed by atoms with Crippen molar-refractivity contribution in [1.29, 1.82) is 0 Å². The number of para-hydroxylation sites is 1. The molecule has 2 atom stereocenters. The van der Waals surface area contributed by atoms with Gasteiger partial charge in [0.1, 0.15) is 6.04 Å². The monoisotopic (exact) mass is 314 g/mol. The Balaban J connectivity index is 1.83. The summed E-state index contributed by atoms with van der Waals surface area (Å²) in [5.41, 5.74) is 3.24. The maximum absolute atomic E-state index is 12.5. The molecule has 1 aromatic carbocycles. The van der Waals surface area contributed by atoms with Gasteiger partial charge in [0, 0.05) is 29.4 Å². The molecule has 4 rings (SSSR count). The number of carbonyl (C=O) groups is 1. The fourth-order valence-corrected chi connectivity index (χ4v) is 3.89. The number of aromatic nitrogens is 1. The summed E-state index contributed by atoms with van der Waals surface area (Å²) in [6.07, 6.45) is 1.47. The van der Waals surface area contributed by atoms with Gasteiger partial charge in [-0.05, 0) is 32.4 Å². The number of hydrogen-bond acceptors (Lipinski definition) is 4. The van der Waals surface area contributed by atoms with Crippen molar-refractivity contribution in [3.05, 3.63) is 35.5 Å². The second-order valence-electron chi connectivity index (χ2n) is 6.97. The van der Waals surface area contributed by atoms with Crippen molar-refractivity contribution in [2.24, 2.45) is 0 Å². The van der Waals surface area contributed by atoms with Crippen molar-refractivity contribution in [3.63, 3.8) is 0 Å². The van der Waals surface area contributed by atoms with E-state index < -0.39 is 0 Å². The van der Waals surface area contributed by atoms with Crippen LogP contribution in [0.2, 0.25) is 0 Å². The highest BCUT2D eigenvalue weighted by molar-refractivity contribution is 5.87. The summed E-state index contributed by atoms with van der Waals surface area (Å²) in [6.45, 7) is 6.35. The average molecular weight is 314 g/mol. The Morgan fingerprint density at radius 1 is 1.43 bits per heavy atom. The predicted octanol–water partition coefficient (Wildman–Crippen LogP) is 3.11. The fraction of sp³-hybridized carbons (Fsp3) is 0.500. The summed E-state index contributed by atoms with van der Waals surface area (Å²) < 4.78 is 5.29. The van der Waals surface area contributed by atoms with Crippen LogP contribution in [-0.2, 0) is 20.8 Å². The average Bonchev–Trinajstić information content (AvgIpc) is 3.03. The molecule has 0 amide bonds. The number of benzene rings is 1. The van der Waals surface area contributed by atoms with Crippen LogP contribution in [-0.4, -0.2) is 34.3 Å². The number of nitrogens with zero attached hydrogens (tertiary/aromatic N) is 1. The van der Waals surface area contributed by atoms with Crippen molar-refractivity contribution in [2.45, 2.75) is 51.3 Å². The van der Waals surface area contributed by atoms with Crippen molar-refractivity contribution in [2.75, 3.05) is 6.61 Å². The van der Waals surface area contributed by atoms with E-state index in [1.54, 1.807) is 0 Å². The minimum absolute atomic E-state index is 0.0653. The summed E-state index contributed by atoms with van der Waals surface area (Å²) in [5, 5.41) is 3.05. The van der Waals surface area contributed by atoms with E-state index in [0.717, 1.165) is 11.9 Å². The quantitative estimate of drug-likeness (QED) is 0.865. The van der Waals surface area contributed by atoms with E-state index >= 15 is 0 Å². The first-order valence-electron chi connectivity index (χ1n) is 8.24. The minimum Gasteiger partial charge on any atom is -0.465 e. The van der Waals surface area contributed by atoms with Crippen LogP contribution >= 0.6 is 0 Å². The molecule has 2 aromatic rings. The molecule has 0 radical (unpaired) electrons. The van der Waals surface area contributed by atoms with Gasteiger partial charge in [0.25, 0.3) is 0 Å². The van der Waals surface area contributed by atoms with E-state index in [9.17, 15) is 4.79 Å². The summed E-state index contributed by atoms with van der Waals surface area (Å²) in [4.78, 5) is 22.1. The van der Waals surface area contributed by atoms with Gasteiger partial charge in [-0.3, -0.25) is 9.63 Å². The van der Waals surface area contributed by atoms with Gasteiger partial charge in [0.2, 0.25) is 0 Å². The van der Waals surface area contributed by atoms with Crippen LogP contribution in [0.5, 0.6) is 0 Å². The largest absolute Gasteiger partial charge is 0.465 e. The van der Waals surface area contributed by atoms with Crippen LogP contribution in [0.4, 0.5) is 0 Å². The number of rotatable bonds is 2. The highest BCUT2D eigenvalue weighted by Gasteiger charge is 2.50. The van der Waals surface area contributed by atoms with E-state index in [4.69, 9.17) is 9.57 Å². The number of fused-ring (bicyclic) bond motifs is 5. The topological polar surface area (TPSA) is 54.6 Å². The Morgan fingerprint density at radius 3 is 3.00 bits per heavy atom. The van der Waals surface area contributed by atoms with Crippen LogP contribution in [0.1, 0.15) is 44.5 Å². The molecule has 2 aliphatic rings. The zero-order valence-corrected chi connectivity index (χ0v) is 13.8. The van der Waals surface area contributed by atoms with Crippen LogP contribution in [0.25, 0.3) is 10.9 Å². The highest BCUT2D eigenvalue weighted by atomic mass is 16.7. The summed E-state index contributed by atoms with van der Waals surface area (Å²) in [7, 11) is 0. The number of nitrogens with one attached hydrogen (secondary N) is 1. The summed E-state index contributed by atoms with van der Waals surface area (Å²) in [5.74, 6) is -0.203. The van der Waals surface area contributed by atoms with Crippen LogP contribution in [0, 0.1) is 0 Å². The van der Waals surface area contributed by atoms with Gasteiger partial charge in [-0.1, -0.05) is 18.2 Å². The molecule has 1 N–H and O–H groups in total. The third-order valence-electron chi connectivity index (χ3n) is 4.79. The first kappa shape index (κ1) is 14.7. The summed E-state index contributed by atoms with van der Waals surface area (Å²) >= 11 is 0. The zero-order chi connectivity index (χ0) is 16.2. The molecule has 0 aliphatic carbocycles. The molecule has 23 heavy (non-hydrogen) atoms. The van der Waals surface area contributed by atoms with E-state index in [2.05, 4.69) is 31.0 Å². The number of ether oxygens (including phenoxy) is 1. The van der Waals surface area contributed by atoms with E-state index in [0.29, 0.717) is 13.0 Å².